The number of hydrogen-bond donors (Lipinski definition) is 1. The number of fused-ring (bicyclic) bond motifs is 3. The van der Waals surface area contributed by atoms with Crippen LogP contribution in [0, 0.1) is 0 Å². The zero-order chi connectivity index (χ0) is 22.4. The highest BCUT2D eigenvalue weighted by molar-refractivity contribution is 6.04. The van der Waals surface area contributed by atoms with Crippen molar-refractivity contribution in [3.05, 3.63) is 60.4 Å². The zero-order valence-electron chi connectivity index (χ0n) is 17.4. The largest absolute Gasteiger partial charge is 0.488 e. The highest BCUT2D eigenvalue weighted by Crippen LogP contribution is 2.40. The fourth-order valence-electron chi connectivity index (χ4n) is 3.90. The van der Waals surface area contributed by atoms with E-state index < -0.39 is 18.6 Å². The second-order valence-corrected chi connectivity index (χ2v) is 8.08. The van der Waals surface area contributed by atoms with Crippen LogP contribution >= 0.6 is 0 Å². The van der Waals surface area contributed by atoms with Crippen LogP contribution in [-0.2, 0) is 0 Å². The first-order valence-electron chi connectivity index (χ1n) is 10.6. The van der Waals surface area contributed by atoms with Crippen molar-refractivity contribution < 1.29 is 13.9 Å². The van der Waals surface area contributed by atoms with Gasteiger partial charge in [-0.3, -0.25) is 9.78 Å². The highest BCUT2D eigenvalue weighted by Gasteiger charge is 2.28. The Hall–Kier alpha value is -4.15. The van der Waals surface area contributed by atoms with Gasteiger partial charge in [0, 0.05) is 18.3 Å². The summed E-state index contributed by atoms with van der Waals surface area (Å²) in [5, 5.41) is 14.4. The van der Waals surface area contributed by atoms with Gasteiger partial charge in [-0.1, -0.05) is 6.07 Å². The summed E-state index contributed by atoms with van der Waals surface area (Å²) in [6, 6.07) is 8.10. The number of benzene rings is 1. The summed E-state index contributed by atoms with van der Waals surface area (Å²) in [5.74, 6) is 0.912. The number of amides is 1. The molecule has 1 amide bonds. The van der Waals surface area contributed by atoms with Gasteiger partial charge in [0.1, 0.15) is 25.0 Å². The Bertz CT molecular complexity index is 1350. The monoisotopic (exact) mass is 446 g/mol. The average molecular weight is 446 g/mol. The molecule has 0 bridgehead atoms. The van der Waals surface area contributed by atoms with Gasteiger partial charge < -0.3 is 14.6 Å². The van der Waals surface area contributed by atoms with Crippen LogP contribution in [0.4, 0.5) is 10.1 Å². The molecule has 0 saturated heterocycles. The predicted molar refractivity (Wildman–Crippen MR) is 115 cm³/mol. The lowest BCUT2D eigenvalue weighted by molar-refractivity contribution is 0.102. The van der Waals surface area contributed by atoms with Gasteiger partial charge in [-0.05, 0) is 47.5 Å². The minimum absolute atomic E-state index is 0.0338. The summed E-state index contributed by atoms with van der Waals surface area (Å²) < 4.78 is 22.7. The molecule has 0 spiro atoms. The lowest BCUT2D eigenvalue weighted by Crippen LogP contribution is -2.19. The number of alkyl halides is 1. The topological polar surface area (TPSA) is 113 Å². The maximum Gasteiger partial charge on any atom is 0.274 e. The maximum absolute atomic E-state index is 13.5. The molecule has 11 heteroatoms. The van der Waals surface area contributed by atoms with Crippen molar-refractivity contribution in [2.45, 2.75) is 24.8 Å². The molecule has 1 aliphatic carbocycles. The number of ether oxygens (including phenoxy) is 1. The maximum atomic E-state index is 13.5. The van der Waals surface area contributed by atoms with E-state index in [1.807, 2.05) is 16.8 Å². The van der Waals surface area contributed by atoms with Crippen molar-refractivity contribution in [1.29, 1.82) is 0 Å². The minimum Gasteiger partial charge on any atom is -0.488 e. The van der Waals surface area contributed by atoms with Crippen molar-refractivity contribution in [2.75, 3.05) is 18.6 Å². The van der Waals surface area contributed by atoms with Crippen LogP contribution in [0.5, 0.6) is 5.75 Å². The van der Waals surface area contributed by atoms with E-state index in [0.717, 1.165) is 11.4 Å². The zero-order valence-corrected chi connectivity index (χ0v) is 17.4. The Morgan fingerprint density at radius 3 is 3.00 bits per heavy atom. The van der Waals surface area contributed by atoms with Crippen molar-refractivity contribution in [3.63, 3.8) is 0 Å². The number of anilines is 1. The van der Waals surface area contributed by atoms with Gasteiger partial charge in [0.15, 0.2) is 11.6 Å². The van der Waals surface area contributed by atoms with Crippen LogP contribution in [0.1, 0.15) is 41.0 Å². The Labute approximate surface area is 187 Å². The summed E-state index contributed by atoms with van der Waals surface area (Å²) in [7, 11) is 0. The van der Waals surface area contributed by atoms with Gasteiger partial charge >= 0.3 is 0 Å². The van der Waals surface area contributed by atoms with Crippen LogP contribution in [0.25, 0.3) is 17.1 Å². The van der Waals surface area contributed by atoms with E-state index >= 15 is 0 Å². The number of nitrogens with one attached hydrogen (secondary N) is 1. The third kappa shape index (κ3) is 3.51. The molecule has 4 aromatic rings. The fourth-order valence-corrected chi connectivity index (χ4v) is 3.90. The first-order valence-corrected chi connectivity index (χ1v) is 10.6. The Morgan fingerprint density at radius 2 is 2.15 bits per heavy atom. The number of carbonyl (C=O) groups excluding carboxylic acids is 1. The van der Waals surface area contributed by atoms with Crippen LogP contribution < -0.4 is 10.1 Å². The van der Waals surface area contributed by atoms with Crippen molar-refractivity contribution >= 4 is 11.6 Å². The first kappa shape index (κ1) is 19.5. The van der Waals surface area contributed by atoms with E-state index in [-0.39, 0.29) is 12.3 Å². The molecule has 1 N–H and O–H groups in total. The molecular weight excluding hydrogens is 427 g/mol. The molecule has 1 aliphatic heterocycles. The van der Waals surface area contributed by atoms with Gasteiger partial charge in [0.25, 0.3) is 5.91 Å². The Kier molecular flexibility index (Phi) is 4.60. The Morgan fingerprint density at radius 1 is 1.24 bits per heavy atom. The molecule has 1 atom stereocenters. The SMILES string of the molecule is O=C(Nc1cccc2c1OC[C@@H](CF)n1nnnc1-2)c1cc(-n2cnc(C3CC3)c2)ccn1. The number of aromatic nitrogens is 7. The number of imidazole rings is 1. The van der Waals surface area contributed by atoms with Crippen LogP contribution in [0.2, 0.25) is 0 Å². The number of para-hydroxylation sites is 1. The molecule has 6 rings (SSSR count). The molecule has 1 saturated carbocycles. The van der Waals surface area contributed by atoms with E-state index in [1.165, 1.54) is 17.5 Å². The van der Waals surface area contributed by atoms with Crippen molar-refractivity contribution in [1.82, 2.24) is 34.7 Å². The fraction of sp³-hybridized carbons (Fsp3) is 0.273. The standard InChI is InChI=1S/C22H19FN8O2/c23-9-15-11-33-20-16(21-27-28-29-31(15)21)2-1-3-17(20)26-22(32)18-8-14(6-7-24-18)30-10-19(25-12-30)13-4-5-13/h1-3,6-8,10,12-13,15H,4-5,9,11H2,(H,26,32)/t15-/m1/s1. The molecule has 1 aromatic carbocycles. The summed E-state index contributed by atoms with van der Waals surface area (Å²) in [6.45, 7) is -0.646. The third-order valence-corrected chi connectivity index (χ3v) is 5.81. The lowest BCUT2D eigenvalue weighted by Gasteiger charge is -2.14. The highest BCUT2D eigenvalue weighted by atomic mass is 19.1. The molecule has 2 aliphatic rings. The van der Waals surface area contributed by atoms with Crippen molar-refractivity contribution in [2.24, 2.45) is 0 Å². The van der Waals surface area contributed by atoms with E-state index in [2.05, 4.69) is 30.8 Å². The van der Waals surface area contributed by atoms with Gasteiger partial charge in [0.2, 0.25) is 0 Å². The molecule has 0 unspecified atom stereocenters. The minimum atomic E-state index is -0.679. The second kappa shape index (κ2) is 7.76. The average Bonchev–Trinajstić information content (AvgIpc) is 3.42. The number of carbonyl (C=O) groups is 1. The number of hydrogen-bond acceptors (Lipinski definition) is 7. The second-order valence-electron chi connectivity index (χ2n) is 8.08. The van der Waals surface area contributed by atoms with Crippen LogP contribution in [0.3, 0.4) is 0 Å². The molecule has 0 radical (unpaired) electrons. The molecule has 10 nitrogen and oxygen atoms in total. The summed E-state index contributed by atoms with van der Waals surface area (Å²) in [6.07, 6.45) is 7.67. The summed E-state index contributed by atoms with van der Waals surface area (Å²) in [5.41, 5.74) is 3.10. The molecular formula is C22H19FN8O2. The molecule has 33 heavy (non-hydrogen) atoms. The first-order chi connectivity index (χ1) is 16.2. The number of halogens is 1. The Balaban J connectivity index is 1.29. The number of tetrazole rings is 1. The van der Waals surface area contributed by atoms with Crippen LogP contribution in [-0.4, -0.2) is 53.9 Å². The molecule has 1 fully saturated rings. The van der Waals surface area contributed by atoms with E-state index in [0.29, 0.717) is 28.7 Å². The molecule has 4 heterocycles. The van der Waals surface area contributed by atoms with Gasteiger partial charge in [0.05, 0.1) is 29.0 Å². The van der Waals surface area contributed by atoms with Crippen LogP contribution in [0.15, 0.2) is 49.1 Å². The van der Waals surface area contributed by atoms with E-state index in [1.54, 1.807) is 36.8 Å². The van der Waals surface area contributed by atoms with E-state index in [4.69, 9.17) is 4.74 Å². The quantitative estimate of drug-likeness (QED) is 0.501. The summed E-state index contributed by atoms with van der Waals surface area (Å²) >= 11 is 0. The summed E-state index contributed by atoms with van der Waals surface area (Å²) in [4.78, 5) is 21.7. The van der Waals surface area contributed by atoms with Gasteiger partial charge in [-0.25, -0.2) is 14.1 Å². The number of rotatable bonds is 5. The predicted octanol–water partition coefficient (Wildman–Crippen LogP) is 2.95. The number of pyridine rings is 1. The lowest BCUT2D eigenvalue weighted by atomic mass is 10.1. The van der Waals surface area contributed by atoms with E-state index in [9.17, 15) is 9.18 Å². The molecule has 3 aromatic heterocycles. The number of nitrogens with zero attached hydrogens (tertiary/aromatic N) is 7. The van der Waals surface area contributed by atoms with Crippen molar-refractivity contribution in [3.8, 4) is 22.8 Å². The van der Waals surface area contributed by atoms with Gasteiger partial charge in [-0.15, -0.1) is 5.10 Å². The van der Waals surface area contributed by atoms with Gasteiger partial charge in [-0.2, -0.15) is 0 Å². The third-order valence-electron chi connectivity index (χ3n) is 5.81. The molecule has 166 valence electrons. The normalized spacial score (nSPS) is 16.9. The smallest absolute Gasteiger partial charge is 0.274 e.